The van der Waals surface area contributed by atoms with Gasteiger partial charge in [0.25, 0.3) is 0 Å². The van der Waals surface area contributed by atoms with E-state index in [1.165, 1.54) is 82.8 Å². The maximum Gasteiger partial charge on any atom is 0.0541 e. The van der Waals surface area contributed by atoms with E-state index in [1.54, 1.807) is 0 Å². The van der Waals surface area contributed by atoms with Crippen molar-refractivity contribution in [2.75, 3.05) is 0 Å². The van der Waals surface area contributed by atoms with E-state index in [1.807, 2.05) is 0 Å². The summed E-state index contributed by atoms with van der Waals surface area (Å²) in [7, 11) is 0. The van der Waals surface area contributed by atoms with E-state index in [4.69, 9.17) is 0 Å². The van der Waals surface area contributed by atoms with Gasteiger partial charge in [-0.15, -0.1) is 0 Å². The van der Waals surface area contributed by atoms with Crippen LogP contribution >= 0.6 is 0 Å². The van der Waals surface area contributed by atoms with E-state index < -0.39 is 0 Å². The number of rotatable bonds is 5. The highest BCUT2D eigenvalue weighted by Crippen LogP contribution is 2.42. The maximum atomic E-state index is 2.48. The lowest BCUT2D eigenvalue weighted by atomic mass is 9.84. The Balaban J connectivity index is 1.14. The molecule has 2 nitrogen and oxygen atoms in total. The summed E-state index contributed by atoms with van der Waals surface area (Å²) in [5.41, 5.74) is 13.9. The molecule has 2 atom stereocenters. The molecule has 2 aliphatic rings. The van der Waals surface area contributed by atoms with Crippen LogP contribution in [0.4, 0.5) is 0 Å². The molecule has 0 saturated heterocycles. The van der Waals surface area contributed by atoms with Crippen LogP contribution in [-0.2, 0) is 0 Å². The second-order valence-electron chi connectivity index (χ2n) is 14.2. The molecule has 2 aliphatic carbocycles. The molecule has 0 spiro atoms. The number of hydrogen-bond donors (Lipinski definition) is 0. The van der Waals surface area contributed by atoms with Crippen molar-refractivity contribution in [3.63, 3.8) is 0 Å². The summed E-state index contributed by atoms with van der Waals surface area (Å²) in [6, 6.07) is 53.6. The monoisotopic (exact) mass is 654 g/mol. The third-order valence-corrected chi connectivity index (χ3v) is 11.0. The average molecular weight is 655 g/mol. The summed E-state index contributed by atoms with van der Waals surface area (Å²) in [5.74, 6) is 0.866. The molecule has 0 amide bonds. The van der Waals surface area contributed by atoms with Gasteiger partial charge in [-0.25, -0.2) is 0 Å². The van der Waals surface area contributed by atoms with Gasteiger partial charge in [-0.2, -0.15) is 0 Å². The second kappa shape index (κ2) is 12.0. The molecular formula is C49H38N2. The van der Waals surface area contributed by atoms with Crippen molar-refractivity contribution in [3.8, 4) is 11.1 Å². The zero-order chi connectivity index (χ0) is 33.9. The van der Waals surface area contributed by atoms with E-state index in [9.17, 15) is 0 Å². The van der Waals surface area contributed by atoms with Gasteiger partial charge in [0.05, 0.1) is 22.1 Å². The third-order valence-electron chi connectivity index (χ3n) is 11.0. The van der Waals surface area contributed by atoms with Crippen LogP contribution in [0.25, 0.3) is 71.7 Å². The number of aromatic nitrogens is 2. The van der Waals surface area contributed by atoms with Crippen molar-refractivity contribution in [1.29, 1.82) is 0 Å². The molecule has 0 saturated carbocycles. The minimum Gasteiger partial charge on any atom is -0.310 e. The molecule has 0 aliphatic heterocycles. The summed E-state index contributed by atoms with van der Waals surface area (Å²) in [6.45, 7) is 2.28. The van der Waals surface area contributed by atoms with E-state index >= 15 is 0 Å². The minimum absolute atomic E-state index is 0.286. The van der Waals surface area contributed by atoms with Crippen LogP contribution in [0, 0.1) is 5.92 Å². The lowest BCUT2D eigenvalue weighted by molar-refractivity contribution is 0.735. The SMILES string of the molecule is CC1C=CC(n2c3ccccc3c3cc(-c4ccc5c(c4)c4ccccc4n5C4=CC(c5ccccc5)CC(c5ccccc5)=C4)ccc32)=CC1. The van der Waals surface area contributed by atoms with E-state index in [0.29, 0.717) is 5.92 Å². The first-order chi connectivity index (χ1) is 25.2. The fourth-order valence-corrected chi connectivity index (χ4v) is 8.44. The predicted molar refractivity (Wildman–Crippen MR) is 218 cm³/mol. The summed E-state index contributed by atoms with van der Waals surface area (Å²) in [6.07, 6.45) is 13.9. The van der Waals surface area contributed by atoms with E-state index in [-0.39, 0.29) is 5.92 Å². The summed E-state index contributed by atoms with van der Waals surface area (Å²) in [5, 5.41) is 5.12. The number of hydrogen-bond acceptors (Lipinski definition) is 0. The molecule has 6 aromatic carbocycles. The molecular weight excluding hydrogens is 617 g/mol. The molecule has 2 unspecified atom stereocenters. The fraction of sp³-hybridized carbons (Fsp3) is 0.102. The lowest BCUT2D eigenvalue weighted by Gasteiger charge is -2.24. The standard InChI is InChI=1S/C49H38N2/c1-33-20-24-40(25-21-33)50-46-18-10-8-16-42(46)44-31-36(22-26-48(44)50)37-23-27-49-45(32-37)43-17-9-11-19-47(43)51(49)41-29-38(34-12-4-2-5-13-34)28-39(30-41)35-14-6-3-7-15-35/h2-20,22-27,29-33,38H,21,28H2,1H3. The first-order valence-electron chi connectivity index (χ1n) is 18.2. The minimum atomic E-state index is 0.286. The van der Waals surface area contributed by atoms with Crippen molar-refractivity contribution in [1.82, 2.24) is 9.13 Å². The number of benzene rings is 6. The first kappa shape index (κ1) is 29.8. The maximum absolute atomic E-state index is 2.48. The van der Waals surface area contributed by atoms with Crippen LogP contribution in [0.1, 0.15) is 36.8 Å². The number of allylic oxidation sites excluding steroid dienone is 8. The normalized spacial score (nSPS) is 17.6. The molecule has 8 aromatic rings. The van der Waals surface area contributed by atoms with Gasteiger partial charge in [0.15, 0.2) is 0 Å². The fourth-order valence-electron chi connectivity index (χ4n) is 8.44. The predicted octanol–water partition coefficient (Wildman–Crippen LogP) is 13.1. The van der Waals surface area contributed by atoms with Crippen molar-refractivity contribution in [2.45, 2.75) is 25.7 Å². The molecule has 0 bridgehead atoms. The highest BCUT2D eigenvalue weighted by atomic mass is 15.0. The Kier molecular flexibility index (Phi) is 7.02. The molecule has 0 fully saturated rings. The molecule has 2 heterocycles. The second-order valence-corrected chi connectivity index (χ2v) is 14.2. The van der Waals surface area contributed by atoms with Gasteiger partial charge in [0.1, 0.15) is 0 Å². The quantitative estimate of drug-likeness (QED) is 0.175. The van der Waals surface area contributed by atoms with Crippen molar-refractivity contribution in [3.05, 3.63) is 187 Å². The van der Waals surface area contributed by atoms with Crippen LogP contribution in [-0.4, -0.2) is 9.13 Å². The van der Waals surface area contributed by atoms with Crippen LogP contribution in [0.5, 0.6) is 0 Å². The Hall–Kier alpha value is -6.12. The third kappa shape index (κ3) is 5.02. The zero-order valence-corrected chi connectivity index (χ0v) is 28.7. The highest BCUT2D eigenvalue weighted by molar-refractivity contribution is 6.14. The summed E-state index contributed by atoms with van der Waals surface area (Å²) >= 11 is 0. The first-order valence-corrected chi connectivity index (χ1v) is 18.2. The molecule has 10 rings (SSSR count). The molecule has 2 heteroatoms. The summed E-state index contributed by atoms with van der Waals surface area (Å²) < 4.78 is 4.92. The van der Waals surface area contributed by atoms with Crippen LogP contribution < -0.4 is 0 Å². The number of para-hydroxylation sites is 2. The Bertz CT molecular complexity index is 2750. The van der Waals surface area contributed by atoms with Gasteiger partial charge >= 0.3 is 0 Å². The molecule has 2 aromatic heterocycles. The van der Waals surface area contributed by atoms with Crippen LogP contribution in [0.2, 0.25) is 0 Å². The van der Waals surface area contributed by atoms with Crippen LogP contribution in [0.15, 0.2) is 176 Å². The van der Waals surface area contributed by atoms with Crippen molar-refractivity contribution in [2.24, 2.45) is 5.92 Å². The van der Waals surface area contributed by atoms with Gasteiger partial charge in [0, 0.05) is 38.9 Å². The molecule has 0 N–H and O–H groups in total. The Morgan fingerprint density at radius 3 is 1.67 bits per heavy atom. The van der Waals surface area contributed by atoms with E-state index in [2.05, 4.69) is 192 Å². The Morgan fingerprint density at radius 1 is 0.510 bits per heavy atom. The van der Waals surface area contributed by atoms with Gasteiger partial charge in [0.2, 0.25) is 0 Å². The van der Waals surface area contributed by atoms with Gasteiger partial charge in [-0.1, -0.05) is 134 Å². The lowest BCUT2D eigenvalue weighted by Crippen LogP contribution is -2.07. The molecule has 0 radical (unpaired) electrons. The van der Waals surface area contributed by atoms with Gasteiger partial charge in [-0.05, 0) is 95.1 Å². The van der Waals surface area contributed by atoms with E-state index in [0.717, 1.165) is 12.8 Å². The molecule has 244 valence electrons. The summed E-state index contributed by atoms with van der Waals surface area (Å²) in [4.78, 5) is 0. The van der Waals surface area contributed by atoms with Crippen LogP contribution in [0.3, 0.4) is 0 Å². The Morgan fingerprint density at radius 2 is 1.06 bits per heavy atom. The smallest absolute Gasteiger partial charge is 0.0541 e. The highest BCUT2D eigenvalue weighted by Gasteiger charge is 2.22. The van der Waals surface area contributed by atoms with Crippen molar-refractivity contribution < 1.29 is 0 Å². The van der Waals surface area contributed by atoms with Gasteiger partial charge < -0.3 is 9.13 Å². The molecule has 51 heavy (non-hydrogen) atoms. The zero-order valence-electron chi connectivity index (χ0n) is 28.7. The topological polar surface area (TPSA) is 9.86 Å². The Labute approximate surface area is 298 Å². The van der Waals surface area contributed by atoms with Crippen molar-refractivity contribution >= 4 is 60.6 Å². The number of nitrogens with zero attached hydrogens (tertiary/aromatic N) is 2. The van der Waals surface area contributed by atoms with Gasteiger partial charge in [-0.3, -0.25) is 0 Å². The largest absolute Gasteiger partial charge is 0.310 e. The average Bonchev–Trinajstić information content (AvgIpc) is 3.71. The number of fused-ring (bicyclic) bond motifs is 6.